The second-order valence-corrected chi connectivity index (χ2v) is 7.20. The van der Waals surface area contributed by atoms with E-state index in [1.807, 2.05) is 43.5 Å². The number of rotatable bonds is 5. The third-order valence-electron chi connectivity index (χ3n) is 5.03. The monoisotopic (exact) mass is 393 g/mol. The molecule has 1 aromatic carbocycles. The smallest absolute Gasteiger partial charge is 0.247 e. The highest BCUT2D eigenvalue weighted by molar-refractivity contribution is 5.97. The molecule has 29 heavy (non-hydrogen) atoms. The van der Waals surface area contributed by atoms with Gasteiger partial charge in [-0.05, 0) is 56.5 Å². The van der Waals surface area contributed by atoms with E-state index in [0.717, 1.165) is 24.2 Å². The summed E-state index contributed by atoms with van der Waals surface area (Å²) in [5, 5.41) is 10.9. The lowest BCUT2D eigenvalue weighted by molar-refractivity contribution is -0.140. The maximum atomic E-state index is 12.9. The fraction of sp³-hybridized carbons (Fsp3) is 0.333. The van der Waals surface area contributed by atoms with Crippen LogP contribution in [0.2, 0.25) is 0 Å². The van der Waals surface area contributed by atoms with Crippen LogP contribution in [0.3, 0.4) is 0 Å². The molecule has 1 saturated heterocycles. The third kappa shape index (κ3) is 4.37. The Labute approximate surface area is 168 Å². The van der Waals surface area contributed by atoms with Gasteiger partial charge >= 0.3 is 0 Å². The van der Waals surface area contributed by atoms with E-state index in [1.165, 1.54) is 0 Å². The molecule has 3 heterocycles. The molecule has 1 N–H and O–H groups in total. The Balaban J connectivity index is 1.42. The van der Waals surface area contributed by atoms with Crippen molar-refractivity contribution in [2.45, 2.75) is 38.6 Å². The van der Waals surface area contributed by atoms with Crippen LogP contribution < -0.4 is 5.32 Å². The number of hydrogen-bond acceptors (Lipinski definition) is 5. The first-order valence-electron chi connectivity index (χ1n) is 9.73. The Morgan fingerprint density at radius 2 is 2.07 bits per heavy atom. The Hall–Kier alpha value is -3.42. The number of nitrogens with zero attached hydrogens (tertiary/aromatic N) is 4. The maximum absolute atomic E-state index is 12.9. The minimum atomic E-state index is -0.480. The molecule has 8 heteroatoms. The SMILES string of the molecule is Cc1cc(CC(=O)N2CCCCC2C(=O)Nc2ccc(-n3cccn3)cc2)on1. The van der Waals surface area contributed by atoms with E-state index < -0.39 is 6.04 Å². The molecule has 4 rings (SSSR count). The van der Waals surface area contributed by atoms with Crippen LogP contribution in [0, 0.1) is 6.92 Å². The molecule has 1 aliphatic rings. The van der Waals surface area contributed by atoms with Gasteiger partial charge in [0, 0.05) is 30.7 Å². The lowest BCUT2D eigenvalue weighted by atomic mass is 10.0. The van der Waals surface area contributed by atoms with Gasteiger partial charge in [-0.15, -0.1) is 0 Å². The maximum Gasteiger partial charge on any atom is 0.247 e. The molecular weight excluding hydrogens is 370 g/mol. The van der Waals surface area contributed by atoms with Crippen molar-refractivity contribution < 1.29 is 14.1 Å². The number of aryl methyl sites for hydroxylation is 1. The molecule has 1 aliphatic heterocycles. The minimum absolute atomic E-state index is 0.114. The number of piperidine rings is 1. The topological polar surface area (TPSA) is 93.3 Å². The van der Waals surface area contributed by atoms with Crippen LogP contribution in [0.15, 0.2) is 53.3 Å². The van der Waals surface area contributed by atoms with Crippen LogP contribution in [0.25, 0.3) is 5.69 Å². The second kappa shape index (κ2) is 8.30. The highest BCUT2D eigenvalue weighted by Gasteiger charge is 2.32. The number of benzene rings is 1. The van der Waals surface area contributed by atoms with E-state index in [2.05, 4.69) is 15.6 Å². The fourth-order valence-corrected chi connectivity index (χ4v) is 3.60. The predicted molar refractivity (Wildman–Crippen MR) is 106 cm³/mol. The number of amides is 2. The number of carbonyl (C=O) groups is 2. The van der Waals surface area contributed by atoms with Crippen molar-refractivity contribution in [2.24, 2.45) is 0 Å². The zero-order valence-electron chi connectivity index (χ0n) is 16.2. The summed E-state index contributed by atoms with van der Waals surface area (Å²) in [6.45, 7) is 2.38. The van der Waals surface area contributed by atoms with Gasteiger partial charge in [0.05, 0.1) is 17.8 Å². The molecule has 8 nitrogen and oxygen atoms in total. The van der Waals surface area contributed by atoms with E-state index in [4.69, 9.17) is 4.52 Å². The van der Waals surface area contributed by atoms with Crippen molar-refractivity contribution in [1.29, 1.82) is 0 Å². The third-order valence-corrected chi connectivity index (χ3v) is 5.03. The van der Waals surface area contributed by atoms with E-state index >= 15 is 0 Å². The van der Waals surface area contributed by atoms with E-state index in [0.29, 0.717) is 24.4 Å². The van der Waals surface area contributed by atoms with E-state index in [1.54, 1.807) is 21.8 Å². The standard InChI is InChI=1S/C21H23N5O3/c1-15-13-18(29-24-15)14-20(27)25-11-3-2-5-19(25)21(28)23-16-6-8-17(9-7-16)26-12-4-10-22-26/h4,6-10,12-13,19H,2-3,5,11,14H2,1H3,(H,23,28). The van der Waals surface area contributed by atoms with Gasteiger partial charge in [-0.2, -0.15) is 5.10 Å². The van der Waals surface area contributed by atoms with Gasteiger partial charge in [0.1, 0.15) is 11.8 Å². The zero-order valence-corrected chi connectivity index (χ0v) is 16.2. The normalized spacial score (nSPS) is 16.6. The van der Waals surface area contributed by atoms with Crippen LogP contribution in [0.1, 0.15) is 30.7 Å². The Bertz CT molecular complexity index is 978. The molecule has 150 valence electrons. The number of carbonyl (C=O) groups excluding carboxylic acids is 2. The largest absolute Gasteiger partial charge is 0.361 e. The lowest BCUT2D eigenvalue weighted by Crippen LogP contribution is -2.50. The van der Waals surface area contributed by atoms with Gasteiger partial charge in [-0.3, -0.25) is 9.59 Å². The first-order chi connectivity index (χ1) is 14.1. The summed E-state index contributed by atoms with van der Waals surface area (Å²) in [4.78, 5) is 27.3. The average molecular weight is 393 g/mol. The number of anilines is 1. The first kappa shape index (κ1) is 18.9. The molecule has 0 aliphatic carbocycles. The average Bonchev–Trinajstić information content (AvgIpc) is 3.40. The molecular formula is C21H23N5O3. The van der Waals surface area contributed by atoms with Gasteiger partial charge < -0.3 is 14.7 Å². The number of nitrogens with one attached hydrogen (secondary N) is 1. The molecule has 0 spiro atoms. The molecule has 1 unspecified atom stereocenters. The molecule has 1 atom stereocenters. The van der Waals surface area contributed by atoms with Gasteiger partial charge in [-0.1, -0.05) is 5.16 Å². The molecule has 2 amide bonds. The van der Waals surface area contributed by atoms with E-state index in [9.17, 15) is 9.59 Å². The van der Waals surface area contributed by atoms with Crippen molar-refractivity contribution in [1.82, 2.24) is 19.8 Å². The quantitative estimate of drug-likeness (QED) is 0.719. The number of aromatic nitrogens is 3. The van der Waals surface area contributed by atoms with Crippen molar-refractivity contribution in [3.8, 4) is 5.69 Å². The molecule has 0 saturated carbocycles. The summed E-state index contributed by atoms with van der Waals surface area (Å²) in [5.41, 5.74) is 2.33. The summed E-state index contributed by atoms with van der Waals surface area (Å²) >= 11 is 0. The van der Waals surface area contributed by atoms with Crippen LogP contribution in [-0.2, 0) is 16.0 Å². The van der Waals surface area contributed by atoms with Gasteiger partial charge in [0.15, 0.2) is 0 Å². The Kier molecular flexibility index (Phi) is 5.41. The van der Waals surface area contributed by atoms with Crippen molar-refractivity contribution in [3.05, 3.63) is 60.2 Å². The van der Waals surface area contributed by atoms with Crippen LogP contribution in [0.4, 0.5) is 5.69 Å². The summed E-state index contributed by atoms with van der Waals surface area (Å²) in [6.07, 6.45) is 6.15. The predicted octanol–water partition coefficient (Wildman–Crippen LogP) is 2.73. The molecule has 2 aromatic heterocycles. The van der Waals surface area contributed by atoms with Gasteiger partial charge in [0.25, 0.3) is 0 Å². The molecule has 0 radical (unpaired) electrons. The Morgan fingerprint density at radius 1 is 1.24 bits per heavy atom. The van der Waals surface area contributed by atoms with Crippen LogP contribution in [0.5, 0.6) is 0 Å². The number of hydrogen-bond donors (Lipinski definition) is 1. The molecule has 0 bridgehead atoms. The lowest BCUT2D eigenvalue weighted by Gasteiger charge is -2.34. The fourth-order valence-electron chi connectivity index (χ4n) is 3.60. The number of likely N-dealkylation sites (tertiary alicyclic amines) is 1. The summed E-state index contributed by atoms with van der Waals surface area (Å²) in [7, 11) is 0. The van der Waals surface area contributed by atoms with Gasteiger partial charge in [0.2, 0.25) is 11.8 Å². The van der Waals surface area contributed by atoms with Crippen LogP contribution >= 0.6 is 0 Å². The highest BCUT2D eigenvalue weighted by Crippen LogP contribution is 2.21. The van der Waals surface area contributed by atoms with Crippen molar-refractivity contribution >= 4 is 17.5 Å². The zero-order chi connectivity index (χ0) is 20.2. The minimum Gasteiger partial charge on any atom is -0.361 e. The summed E-state index contributed by atoms with van der Waals surface area (Å²) in [6, 6.07) is 10.6. The van der Waals surface area contributed by atoms with E-state index in [-0.39, 0.29) is 18.2 Å². The molecule has 3 aromatic rings. The first-order valence-corrected chi connectivity index (χ1v) is 9.73. The van der Waals surface area contributed by atoms with Crippen molar-refractivity contribution in [3.63, 3.8) is 0 Å². The van der Waals surface area contributed by atoms with Crippen molar-refractivity contribution in [2.75, 3.05) is 11.9 Å². The molecule has 1 fully saturated rings. The summed E-state index contributed by atoms with van der Waals surface area (Å²) < 4.78 is 6.90. The van der Waals surface area contributed by atoms with Gasteiger partial charge in [-0.25, -0.2) is 4.68 Å². The Morgan fingerprint density at radius 3 is 2.76 bits per heavy atom. The second-order valence-electron chi connectivity index (χ2n) is 7.20. The highest BCUT2D eigenvalue weighted by atomic mass is 16.5. The van der Waals surface area contributed by atoms with Crippen LogP contribution in [-0.4, -0.2) is 44.2 Å². The summed E-state index contributed by atoms with van der Waals surface area (Å²) in [5.74, 6) is 0.236.